The Morgan fingerprint density at radius 1 is 1.19 bits per heavy atom. The summed E-state index contributed by atoms with van der Waals surface area (Å²) in [4.78, 5) is 25.0. The van der Waals surface area contributed by atoms with E-state index in [9.17, 15) is 28.1 Å². The minimum Gasteiger partial charge on any atom is -0.306 e. The van der Waals surface area contributed by atoms with Gasteiger partial charge in [0, 0.05) is 23.4 Å². The third-order valence-electron chi connectivity index (χ3n) is 4.12. The number of aryl methyl sites for hydroxylation is 1. The molecule has 1 heterocycles. The molecule has 0 unspecified atom stereocenters. The van der Waals surface area contributed by atoms with Gasteiger partial charge in [0.1, 0.15) is 0 Å². The van der Waals surface area contributed by atoms with Crippen LogP contribution in [0.2, 0.25) is 0 Å². The number of halogens is 3. The number of H-pyrrole nitrogens is 1. The zero-order valence-electron chi connectivity index (χ0n) is 14.1. The van der Waals surface area contributed by atoms with Crippen LogP contribution in [0.4, 0.5) is 18.9 Å². The molecule has 0 fully saturated rings. The highest BCUT2D eigenvalue weighted by molar-refractivity contribution is 5.63. The van der Waals surface area contributed by atoms with Crippen molar-refractivity contribution in [3.8, 4) is 11.3 Å². The predicted octanol–water partition coefficient (Wildman–Crippen LogP) is 4.13. The van der Waals surface area contributed by atoms with Crippen LogP contribution in [-0.4, -0.2) is 14.5 Å². The first-order valence-electron chi connectivity index (χ1n) is 7.87. The largest absolute Gasteiger partial charge is 0.417 e. The van der Waals surface area contributed by atoms with E-state index in [1.54, 1.807) is 13.0 Å². The summed E-state index contributed by atoms with van der Waals surface area (Å²) in [5, 5.41) is 10.9. The lowest BCUT2D eigenvalue weighted by Gasteiger charge is -2.11. The molecule has 6 nitrogen and oxygen atoms in total. The summed E-state index contributed by atoms with van der Waals surface area (Å²) < 4.78 is 40.8. The second kappa shape index (κ2) is 6.75. The Hall–Kier alpha value is -3.36. The molecule has 1 aromatic heterocycles. The molecule has 3 aromatic rings. The van der Waals surface area contributed by atoms with Crippen molar-refractivity contribution in [1.29, 1.82) is 0 Å². The van der Waals surface area contributed by atoms with Crippen molar-refractivity contribution in [2.45, 2.75) is 19.6 Å². The van der Waals surface area contributed by atoms with E-state index in [4.69, 9.17) is 0 Å². The van der Waals surface area contributed by atoms with Crippen LogP contribution in [0.3, 0.4) is 0 Å². The lowest BCUT2D eigenvalue weighted by Crippen LogP contribution is -2.16. The van der Waals surface area contributed by atoms with Gasteiger partial charge in [0.2, 0.25) is 0 Å². The van der Waals surface area contributed by atoms with Crippen molar-refractivity contribution in [3.63, 3.8) is 0 Å². The number of nitro groups is 1. The molecule has 140 valence electrons. The van der Waals surface area contributed by atoms with E-state index in [0.29, 0.717) is 11.1 Å². The van der Waals surface area contributed by atoms with E-state index in [1.807, 2.05) is 0 Å². The van der Waals surface area contributed by atoms with Gasteiger partial charge in [-0.05, 0) is 24.6 Å². The number of imidazole rings is 1. The summed E-state index contributed by atoms with van der Waals surface area (Å²) in [5.74, 6) is 0. The summed E-state index contributed by atoms with van der Waals surface area (Å²) in [7, 11) is 0. The normalized spacial score (nSPS) is 11.6. The lowest BCUT2D eigenvalue weighted by molar-refractivity contribution is -0.385. The summed E-state index contributed by atoms with van der Waals surface area (Å²) in [6, 6.07) is 9.39. The van der Waals surface area contributed by atoms with Gasteiger partial charge in [0.25, 0.3) is 5.69 Å². The van der Waals surface area contributed by atoms with Crippen LogP contribution >= 0.6 is 0 Å². The number of benzene rings is 2. The maximum Gasteiger partial charge on any atom is 0.417 e. The molecule has 0 aliphatic rings. The molecule has 3 rings (SSSR count). The van der Waals surface area contributed by atoms with Crippen molar-refractivity contribution >= 4 is 5.69 Å². The number of nitrogens with zero attached hydrogens (tertiary/aromatic N) is 2. The molecule has 0 spiro atoms. The van der Waals surface area contributed by atoms with E-state index >= 15 is 0 Å². The predicted molar refractivity (Wildman–Crippen MR) is 92.4 cm³/mol. The minimum absolute atomic E-state index is 0.0417. The molecule has 0 saturated heterocycles. The molecule has 0 aliphatic heterocycles. The Balaban J connectivity index is 1.96. The second-order valence-corrected chi connectivity index (χ2v) is 6.02. The van der Waals surface area contributed by atoms with Crippen LogP contribution in [0, 0.1) is 17.0 Å². The van der Waals surface area contributed by atoms with E-state index in [0.717, 1.165) is 6.07 Å². The first kappa shape index (κ1) is 18.4. The Morgan fingerprint density at radius 3 is 2.52 bits per heavy atom. The zero-order chi connectivity index (χ0) is 19.8. The topological polar surface area (TPSA) is 80.9 Å². The van der Waals surface area contributed by atoms with Gasteiger partial charge < -0.3 is 4.98 Å². The molecule has 0 aliphatic carbocycles. The fourth-order valence-electron chi connectivity index (χ4n) is 2.87. The third kappa shape index (κ3) is 3.76. The number of hydrogen-bond acceptors (Lipinski definition) is 3. The van der Waals surface area contributed by atoms with Crippen molar-refractivity contribution in [2.75, 3.05) is 0 Å². The zero-order valence-corrected chi connectivity index (χ0v) is 14.1. The highest BCUT2D eigenvalue weighted by Crippen LogP contribution is 2.36. The number of aromatic amines is 1. The molecular formula is C18H14F3N3O3. The van der Waals surface area contributed by atoms with E-state index in [1.165, 1.54) is 41.1 Å². The van der Waals surface area contributed by atoms with Gasteiger partial charge in [-0.2, -0.15) is 13.2 Å². The average molecular weight is 377 g/mol. The first-order valence-corrected chi connectivity index (χ1v) is 7.87. The lowest BCUT2D eigenvalue weighted by atomic mass is 10.0. The van der Waals surface area contributed by atoms with Gasteiger partial charge in [-0.15, -0.1) is 0 Å². The monoisotopic (exact) mass is 377 g/mol. The Bertz CT molecular complexity index is 1070. The molecule has 2 aromatic carbocycles. The summed E-state index contributed by atoms with van der Waals surface area (Å²) in [5.41, 5.74) is -0.478. The smallest absolute Gasteiger partial charge is 0.306 e. The van der Waals surface area contributed by atoms with E-state index in [2.05, 4.69) is 4.98 Å². The third-order valence-corrected chi connectivity index (χ3v) is 4.12. The molecular weight excluding hydrogens is 363 g/mol. The molecule has 0 saturated carbocycles. The van der Waals surface area contributed by atoms with Gasteiger partial charge in [0.05, 0.1) is 22.7 Å². The first-order chi connectivity index (χ1) is 12.7. The SMILES string of the molecule is Cc1cc(Cn2cc(-c3ccccc3C(F)(F)F)[nH]c2=O)ccc1[N+](=O)[O-]. The van der Waals surface area contributed by atoms with Gasteiger partial charge in [-0.1, -0.05) is 24.3 Å². The highest BCUT2D eigenvalue weighted by atomic mass is 19.4. The van der Waals surface area contributed by atoms with Crippen molar-refractivity contribution < 1.29 is 18.1 Å². The molecule has 0 amide bonds. The number of nitro benzene ring substituents is 1. The maximum absolute atomic E-state index is 13.2. The van der Waals surface area contributed by atoms with Gasteiger partial charge >= 0.3 is 11.9 Å². The fourth-order valence-corrected chi connectivity index (χ4v) is 2.87. The van der Waals surface area contributed by atoms with Crippen LogP contribution < -0.4 is 5.69 Å². The Morgan fingerprint density at radius 2 is 1.89 bits per heavy atom. The van der Waals surface area contributed by atoms with Crippen molar-refractivity contribution in [1.82, 2.24) is 9.55 Å². The van der Waals surface area contributed by atoms with E-state index < -0.39 is 22.4 Å². The second-order valence-electron chi connectivity index (χ2n) is 6.02. The van der Waals surface area contributed by atoms with Gasteiger partial charge in [-0.3, -0.25) is 14.7 Å². The summed E-state index contributed by atoms with van der Waals surface area (Å²) in [6.45, 7) is 1.65. The average Bonchev–Trinajstić information content (AvgIpc) is 2.94. The highest BCUT2D eigenvalue weighted by Gasteiger charge is 2.33. The molecule has 27 heavy (non-hydrogen) atoms. The van der Waals surface area contributed by atoms with Crippen LogP contribution in [-0.2, 0) is 12.7 Å². The summed E-state index contributed by atoms with van der Waals surface area (Å²) in [6.07, 6.45) is -3.24. The molecule has 0 atom stereocenters. The Kier molecular flexibility index (Phi) is 4.61. The van der Waals surface area contributed by atoms with Crippen LogP contribution in [0.5, 0.6) is 0 Å². The molecule has 0 radical (unpaired) electrons. The number of rotatable bonds is 4. The maximum atomic E-state index is 13.2. The summed E-state index contributed by atoms with van der Waals surface area (Å²) >= 11 is 0. The van der Waals surface area contributed by atoms with Crippen LogP contribution in [0.1, 0.15) is 16.7 Å². The minimum atomic E-state index is -4.55. The van der Waals surface area contributed by atoms with Crippen molar-refractivity contribution in [3.05, 3.63) is 86.0 Å². The van der Waals surface area contributed by atoms with Crippen LogP contribution in [0.25, 0.3) is 11.3 Å². The number of nitrogens with one attached hydrogen (secondary N) is 1. The quantitative estimate of drug-likeness (QED) is 0.548. The van der Waals surface area contributed by atoms with Crippen molar-refractivity contribution in [2.24, 2.45) is 0 Å². The van der Waals surface area contributed by atoms with Crippen LogP contribution in [0.15, 0.2) is 53.5 Å². The fraction of sp³-hybridized carbons (Fsp3) is 0.167. The molecule has 0 bridgehead atoms. The van der Waals surface area contributed by atoms with E-state index in [-0.39, 0.29) is 23.5 Å². The van der Waals surface area contributed by atoms with Gasteiger partial charge in [0.15, 0.2) is 0 Å². The number of aromatic nitrogens is 2. The number of alkyl halides is 3. The molecule has 9 heteroatoms. The standard InChI is InChI=1S/C18H14F3N3O3/c1-11-8-12(6-7-16(11)24(26)27)9-23-10-15(22-17(23)25)13-4-2-3-5-14(13)18(19,20)21/h2-8,10H,9H2,1H3,(H,22,25). The number of hydrogen-bond donors (Lipinski definition) is 1. The Labute approximate surface area is 151 Å². The van der Waals surface area contributed by atoms with Gasteiger partial charge in [-0.25, -0.2) is 4.79 Å². The molecule has 1 N–H and O–H groups in total.